The van der Waals surface area contributed by atoms with Gasteiger partial charge in [0.2, 0.25) is 0 Å². The third-order valence-corrected chi connectivity index (χ3v) is 4.17. The molecular weight excluding hydrogens is 256 g/mol. The lowest BCUT2D eigenvalue weighted by molar-refractivity contribution is 0.419. The van der Waals surface area contributed by atoms with E-state index in [1.54, 1.807) is 18.4 Å². The molecule has 0 saturated carbocycles. The molecule has 2 rings (SSSR count). The first-order valence-corrected chi connectivity index (χ1v) is 6.80. The van der Waals surface area contributed by atoms with E-state index in [1.807, 2.05) is 6.20 Å². The minimum absolute atomic E-state index is 0.424. The zero-order valence-corrected chi connectivity index (χ0v) is 11.3. The van der Waals surface area contributed by atoms with Crippen LogP contribution < -0.4 is 15.8 Å². The Morgan fingerprint density at radius 1 is 1.53 bits per heavy atom. The summed E-state index contributed by atoms with van der Waals surface area (Å²) in [6.45, 7) is 2.79. The highest BCUT2D eigenvalue weighted by Crippen LogP contribution is 2.35. The van der Waals surface area contributed by atoms with Gasteiger partial charge in [0.25, 0.3) is 0 Å². The summed E-state index contributed by atoms with van der Waals surface area (Å²) in [5.74, 6) is 1.04. The number of nitrogens with two attached hydrogens (primary N) is 1. The van der Waals surface area contributed by atoms with Gasteiger partial charge in [0, 0.05) is 11.1 Å². The molecule has 92 valence electrons. The molecule has 2 aromatic heterocycles. The Kier molecular flexibility index (Phi) is 3.80. The molecule has 3 N–H and O–H groups in total. The van der Waals surface area contributed by atoms with Gasteiger partial charge in [-0.25, -0.2) is 4.98 Å². The van der Waals surface area contributed by atoms with Crippen LogP contribution in [0.4, 0.5) is 10.8 Å². The first-order valence-electron chi connectivity index (χ1n) is 5.21. The van der Waals surface area contributed by atoms with Gasteiger partial charge in [0.05, 0.1) is 13.7 Å². The van der Waals surface area contributed by atoms with E-state index in [0.717, 1.165) is 16.4 Å². The normalized spacial score (nSPS) is 10.5. The lowest BCUT2D eigenvalue weighted by Gasteiger charge is -2.03. The van der Waals surface area contributed by atoms with Crippen LogP contribution in [-0.4, -0.2) is 16.5 Å². The molecule has 0 bridgehead atoms. The highest BCUT2D eigenvalue weighted by atomic mass is 32.1. The maximum Gasteiger partial charge on any atom is 0.197 e. The Morgan fingerprint density at radius 3 is 3.00 bits per heavy atom. The molecular formula is C10H14N4OS2. The van der Waals surface area contributed by atoms with Crippen LogP contribution in [0, 0.1) is 0 Å². The van der Waals surface area contributed by atoms with E-state index >= 15 is 0 Å². The lowest BCUT2D eigenvalue weighted by atomic mass is 10.4. The summed E-state index contributed by atoms with van der Waals surface area (Å²) in [6, 6.07) is 0. The predicted octanol–water partition coefficient (Wildman–Crippen LogP) is 2.36. The Bertz CT molecular complexity index is 494. The standard InChI is InChI=1S/C10H14N4OS2/c1-3-6-4-12-7(16-6)5-13-10-8(15-2)9(11)14-17-10/h4,13H,3,5H2,1-2H3,(H2,11,14). The Hall–Kier alpha value is -1.34. The number of ether oxygens (including phenoxy) is 1. The van der Waals surface area contributed by atoms with Crippen molar-refractivity contribution in [2.75, 3.05) is 18.2 Å². The number of thiazole rings is 1. The van der Waals surface area contributed by atoms with Gasteiger partial charge in [-0.15, -0.1) is 11.3 Å². The van der Waals surface area contributed by atoms with E-state index in [9.17, 15) is 0 Å². The van der Waals surface area contributed by atoms with Crippen molar-refractivity contribution in [1.82, 2.24) is 9.36 Å². The number of anilines is 2. The smallest absolute Gasteiger partial charge is 0.197 e. The van der Waals surface area contributed by atoms with E-state index in [4.69, 9.17) is 10.5 Å². The van der Waals surface area contributed by atoms with E-state index in [-0.39, 0.29) is 0 Å². The molecule has 2 aromatic rings. The highest BCUT2D eigenvalue weighted by molar-refractivity contribution is 7.12. The van der Waals surface area contributed by atoms with Crippen molar-refractivity contribution in [2.45, 2.75) is 19.9 Å². The minimum atomic E-state index is 0.424. The van der Waals surface area contributed by atoms with Crippen LogP contribution in [-0.2, 0) is 13.0 Å². The van der Waals surface area contributed by atoms with E-state index in [1.165, 1.54) is 16.4 Å². The maximum atomic E-state index is 5.67. The molecule has 0 saturated heterocycles. The summed E-state index contributed by atoms with van der Waals surface area (Å²) >= 11 is 3.01. The molecule has 0 unspecified atom stereocenters. The lowest BCUT2D eigenvalue weighted by Crippen LogP contribution is -1.99. The molecule has 0 aromatic carbocycles. The monoisotopic (exact) mass is 270 g/mol. The van der Waals surface area contributed by atoms with Gasteiger partial charge in [-0.05, 0) is 18.0 Å². The summed E-state index contributed by atoms with van der Waals surface area (Å²) in [7, 11) is 1.59. The zero-order valence-electron chi connectivity index (χ0n) is 9.69. The number of aromatic nitrogens is 2. The highest BCUT2D eigenvalue weighted by Gasteiger charge is 2.11. The van der Waals surface area contributed by atoms with E-state index < -0.39 is 0 Å². The molecule has 0 aliphatic rings. The van der Waals surface area contributed by atoms with Gasteiger partial charge in [0.15, 0.2) is 16.6 Å². The molecule has 0 atom stereocenters. The fraction of sp³-hybridized carbons (Fsp3) is 0.400. The Balaban J connectivity index is 2.01. The number of nitrogens with zero attached hydrogens (tertiary/aromatic N) is 2. The zero-order chi connectivity index (χ0) is 12.3. The fourth-order valence-electron chi connectivity index (χ4n) is 1.35. The van der Waals surface area contributed by atoms with Gasteiger partial charge in [-0.3, -0.25) is 0 Å². The van der Waals surface area contributed by atoms with Crippen molar-refractivity contribution in [2.24, 2.45) is 0 Å². The largest absolute Gasteiger partial charge is 0.490 e. The fourth-order valence-corrected chi connectivity index (χ4v) is 2.84. The van der Waals surface area contributed by atoms with E-state index in [0.29, 0.717) is 18.1 Å². The predicted molar refractivity (Wildman–Crippen MR) is 71.9 cm³/mol. The van der Waals surface area contributed by atoms with Gasteiger partial charge >= 0.3 is 0 Å². The van der Waals surface area contributed by atoms with Gasteiger partial charge in [-0.1, -0.05) is 6.92 Å². The first-order chi connectivity index (χ1) is 8.24. The van der Waals surface area contributed by atoms with Crippen molar-refractivity contribution in [1.29, 1.82) is 0 Å². The summed E-state index contributed by atoms with van der Waals surface area (Å²) in [5, 5.41) is 5.13. The number of hydrogen-bond acceptors (Lipinski definition) is 7. The summed E-state index contributed by atoms with van der Waals surface area (Å²) in [4.78, 5) is 5.62. The van der Waals surface area contributed by atoms with Crippen molar-refractivity contribution >= 4 is 33.7 Å². The number of nitrogens with one attached hydrogen (secondary N) is 1. The molecule has 0 aliphatic heterocycles. The van der Waals surface area contributed by atoms with Gasteiger partial charge in [0.1, 0.15) is 5.01 Å². The summed E-state index contributed by atoms with van der Waals surface area (Å²) in [6.07, 6.45) is 2.94. The summed E-state index contributed by atoms with van der Waals surface area (Å²) < 4.78 is 9.21. The van der Waals surface area contributed by atoms with Crippen LogP contribution >= 0.6 is 22.9 Å². The average Bonchev–Trinajstić information content (AvgIpc) is 2.92. The van der Waals surface area contributed by atoms with E-state index in [2.05, 4.69) is 21.6 Å². The maximum absolute atomic E-state index is 5.67. The number of aryl methyl sites for hydroxylation is 1. The van der Waals surface area contributed by atoms with Crippen LogP contribution in [0.5, 0.6) is 5.75 Å². The van der Waals surface area contributed by atoms with Crippen LogP contribution in [0.3, 0.4) is 0 Å². The van der Waals surface area contributed by atoms with Crippen LogP contribution in [0.2, 0.25) is 0 Å². The Labute approximate surface area is 108 Å². The second-order valence-corrected chi connectivity index (χ2v) is 5.33. The number of nitrogen functional groups attached to an aromatic ring is 1. The SMILES string of the molecule is CCc1cnc(CNc2snc(N)c2OC)s1. The number of rotatable bonds is 5. The van der Waals surface area contributed by atoms with Crippen LogP contribution in [0.15, 0.2) is 6.20 Å². The first kappa shape index (κ1) is 12.1. The topological polar surface area (TPSA) is 73.1 Å². The Morgan fingerprint density at radius 2 is 2.35 bits per heavy atom. The van der Waals surface area contributed by atoms with Gasteiger partial charge in [-0.2, -0.15) is 4.37 Å². The number of methoxy groups -OCH3 is 1. The molecule has 0 spiro atoms. The second kappa shape index (κ2) is 5.33. The third-order valence-electron chi connectivity index (χ3n) is 2.23. The minimum Gasteiger partial charge on any atom is -0.490 e. The molecule has 0 amide bonds. The molecule has 0 fully saturated rings. The second-order valence-electron chi connectivity index (χ2n) is 3.36. The van der Waals surface area contributed by atoms with Crippen LogP contribution in [0.25, 0.3) is 0 Å². The van der Waals surface area contributed by atoms with Crippen molar-refractivity contribution in [3.05, 3.63) is 16.1 Å². The molecule has 7 heteroatoms. The molecule has 2 heterocycles. The molecule has 5 nitrogen and oxygen atoms in total. The summed E-state index contributed by atoms with van der Waals surface area (Å²) in [5.41, 5.74) is 5.67. The van der Waals surface area contributed by atoms with Crippen molar-refractivity contribution in [3.8, 4) is 5.75 Å². The molecule has 17 heavy (non-hydrogen) atoms. The average molecular weight is 270 g/mol. The van der Waals surface area contributed by atoms with Crippen molar-refractivity contribution in [3.63, 3.8) is 0 Å². The van der Waals surface area contributed by atoms with Gasteiger partial charge < -0.3 is 15.8 Å². The third kappa shape index (κ3) is 2.67. The quantitative estimate of drug-likeness (QED) is 0.872. The molecule has 0 radical (unpaired) electrons. The molecule has 0 aliphatic carbocycles. The van der Waals surface area contributed by atoms with Crippen molar-refractivity contribution < 1.29 is 4.74 Å². The van der Waals surface area contributed by atoms with Crippen LogP contribution in [0.1, 0.15) is 16.8 Å². The number of hydrogen-bond donors (Lipinski definition) is 2.